The molecule has 0 spiro atoms. The van der Waals surface area contributed by atoms with E-state index in [-0.39, 0.29) is 0 Å². The first-order valence-corrected chi connectivity index (χ1v) is 6.50. The quantitative estimate of drug-likeness (QED) is 0.735. The summed E-state index contributed by atoms with van der Waals surface area (Å²) >= 11 is 5.97. The Morgan fingerprint density at radius 3 is 3.06 bits per heavy atom. The lowest BCUT2D eigenvalue weighted by atomic mass is 9.99. The molecule has 3 heteroatoms. The van der Waals surface area contributed by atoms with Crippen molar-refractivity contribution < 1.29 is 0 Å². The molecule has 1 aromatic heterocycles. The van der Waals surface area contributed by atoms with Crippen molar-refractivity contribution in [1.29, 1.82) is 0 Å². The lowest BCUT2D eigenvalue weighted by molar-refractivity contribution is 0.446. The lowest BCUT2D eigenvalue weighted by Gasteiger charge is -2.34. The Bertz CT molecular complexity index is 365. The van der Waals surface area contributed by atoms with Gasteiger partial charge in [-0.05, 0) is 31.7 Å². The minimum Gasteiger partial charge on any atom is -0.371 e. The zero-order chi connectivity index (χ0) is 11.5. The van der Waals surface area contributed by atoms with Crippen LogP contribution in [0.25, 0.3) is 0 Å². The maximum atomic E-state index is 5.97. The number of pyridine rings is 1. The number of piperidine rings is 1. The highest BCUT2D eigenvalue weighted by atomic mass is 35.5. The van der Waals surface area contributed by atoms with Gasteiger partial charge in [-0.2, -0.15) is 0 Å². The zero-order valence-corrected chi connectivity index (χ0v) is 10.8. The summed E-state index contributed by atoms with van der Waals surface area (Å²) in [6.07, 6.45) is 4.54. The maximum Gasteiger partial charge on any atom is 0.0509 e. The van der Waals surface area contributed by atoms with Gasteiger partial charge >= 0.3 is 0 Å². The number of hydrogen-bond donors (Lipinski definition) is 0. The second-order valence-electron chi connectivity index (χ2n) is 4.78. The van der Waals surface area contributed by atoms with Gasteiger partial charge in [-0.1, -0.05) is 6.92 Å². The first-order chi connectivity index (χ1) is 7.70. The first-order valence-electron chi connectivity index (χ1n) is 5.97. The first kappa shape index (κ1) is 11.7. The van der Waals surface area contributed by atoms with Crippen LogP contribution in [0.2, 0.25) is 0 Å². The predicted octanol–water partition coefficient (Wildman–Crippen LogP) is 3.37. The molecule has 2 rings (SSSR count). The van der Waals surface area contributed by atoms with E-state index < -0.39 is 0 Å². The molecule has 1 unspecified atom stereocenters. The average molecular weight is 239 g/mol. The van der Waals surface area contributed by atoms with E-state index in [9.17, 15) is 0 Å². The highest BCUT2D eigenvalue weighted by Gasteiger charge is 2.18. The van der Waals surface area contributed by atoms with Crippen LogP contribution in [0, 0.1) is 12.8 Å². The highest BCUT2D eigenvalue weighted by Crippen LogP contribution is 2.27. The van der Waals surface area contributed by atoms with E-state index in [0.29, 0.717) is 5.88 Å². The van der Waals surface area contributed by atoms with E-state index in [0.717, 1.165) is 30.3 Å². The van der Waals surface area contributed by atoms with Crippen molar-refractivity contribution >= 4 is 17.3 Å². The van der Waals surface area contributed by atoms with Crippen LogP contribution in [0.1, 0.15) is 31.0 Å². The standard InChI is InChI=1S/C13H19ClN2/c1-10-4-3-5-16(9-10)13-6-11(2)15-8-12(13)7-14/h6,8,10H,3-5,7,9H2,1-2H3. The molecule has 0 saturated carbocycles. The molecule has 0 aromatic carbocycles. The molecule has 2 nitrogen and oxygen atoms in total. The fourth-order valence-corrected chi connectivity index (χ4v) is 2.59. The molecular weight excluding hydrogens is 220 g/mol. The molecule has 0 N–H and O–H groups in total. The second-order valence-corrected chi connectivity index (χ2v) is 5.05. The van der Waals surface area contributed by atoms with Gasteiger partial charge < -0.3 is 4.90 Å². The summed E-state index contributed by atoms with van der Waals surface area (Å²) in [6.45, 7) is 6.65. The number of aryl methyl sites for hydroxylation is 1. The average Bonchev–Trinajstić information content (AvgIpc) is 2.29. The van der Waals surface area contributed by atoms with Crippen LogP contribution >= 0.6 is 11.6 Å². The van der Waals surface area contributed by atoms with E-state index in [2.05, 4.69) is 22.9 Å². The molecule has 88 valence electrons. The van der Waals surface area contributed by atoms with Gasteiger partial charge in [0.15, 0.2) is 0 Å². The van der Waals surface area contributed by atoms with Crippen molar-refractivity contribution in [3.63, 3.8) is 0 Å². The fraction of sp³-hybridized carbons (Fsp3) is 0.615. The van der Waals surface area contributed by atoms with Gasteiger partial charge in [0.05, 0.1) is 5.88 Å². The van der Waals surface area contributed by atoms with Gasteiger partial charge in [0.2, 0.25) is 0 Å². The van der Waals surface area contributed by atoms with Gasteiger partial charge in [-0.3, -0.25) is 4.98 Å². The molecule has 0 amide bonds. The summed E-state index contributed by atoms with van der Waals surface area (Å²) in [5.74, 6) is 1.33. The van der Waals surface area contributed by atoms with Gasteiger partial charge in [0.25, 0.3) is 0 Å². The van der Waals surface area contributed by atoms with Crippen LogP contribution in [0.3, 0.4) is 0 Å². The smallest absolute Gasteiger partial charge is 0.0509 e. The Balaban J connectivity index is 2.26. The maximum absolute atomic E-state index is 5.97. The van der Waals surface area contributed by atoms with Gasteiger partial charge in [-0.15, -0.1) is 11.6 Å². The summed E-state index contributed by atoms with van der Waals surface area (Å²) < 4.78 is 0. The Morgan fingerprint density at radius 2 is 2.38 bits per heavy atom. The molecule has 16 heavy (non-hydrogen) atoms. The number of hydrogen-bond acceptors (Lipinski definition) is 2. The largest absolute Gasteiger partial charge is 0.371 e. The summed E-state index contributed by atoms with van der Waals surface area (Å²) in [7, 11) is 0. The van der Waals surface area contributed by atoms with E-state index in [1.54, 1.807) is 0 Å². The third-order valence-electron chi connectivity index (χ3n) is 3.24. The number of alkyl halides is 1. The van der Waals surface area contributed by atoms with E-state index in [1.807, 2.05) is 13.1 Å². The Morgan fingerprint density at radius 1 is 1.56 bits per heavy atom. The highest BCUT2D eigenvalue weighted by molar-refractivity contribution is 6.17. The number of rotatable bonds is 2. The van der Waals surface area contributed by atoms with E-state index in [4.69, 9.17) is 11.6 Å². The molecular formula is C13H19ClN2. The molecule has 1 aromatic rings. The molecule has 1 fully saturated rings. The van der Waals surface area contributed by atoms with Crippen molar-refractivity contribution in [3.05, 3.63) is 23.5 Å². The Hall–Kier alpha value is -0.760. The van der Waals surface area contributed by atoms with Crippen LogP contribution in [-0.4, -0.2) is 18.1 Å². The number of halogens is 1. The Labute approximate surface area is 103 Å². The third-order valence-corrected chi connectivity index (χ3v) is 3.53. The van der Waals surface area contributed by atoms with E-state index in [1.165, 1.54) is 18.5 Å². The van der Waals surface area contributed by atoms with Crippen molar-refractivity contribution in [2.24, 2.45) is 5.92 Å². The van der Waals surface area contributed by atoms with Crippen molar-refractivity contribution in [2.75, 3.05) is 18.0 Å². The molecule has 0 bridgehead atoms. The topological polar surface area (TPSA) is 16.1 Å². The summed E-state index contributed by atoms with van der Waals surface area (Å²) in [5, 5.41) is 0. The molecule has 1 aliphatic rings. The molecule has 0 radical (unpaired) electrons. The zero-order valence-electron chi connectivity index (χ0n) is 10.0. The normalized spacial score (nSPS) is 21.2. The minimum absolute atomic E-state index is 0.549. The lowest BCUT2D eigenvalue weighted by Crippen LogP contribution is -2.34. The van der Waals surface area contributed by atoms with Crippen LogP contribution in [0.15, 0.2) is 12.3 Å². The van der Waals surface area contributed by atoms with Crippen LogP contribution in [0.5, 0.6) is 0 Å². The van der Waals surface area contributed by atoms with Gasteiger partial charge in [0, 0.05) is 36.2 Å². The summed E-state index contributed by atoms with van der Waals surface area (Å²) in [6, 6.07) is 2.16. The summed E-state index contributed by atoms with van der Waals surface area (Å²) in [5.41, 5.74) is 3.51. The van der Waals surface area contributed by atoms with Gasteiger partial charge in [0.1, 0.15) is 0 Å². The fourth-order valence-electron chi connectivity index (χ4n) is 2.38. The molecule has 1 atom stereocenters. The second kappa shape index (κ2) is 5.05. The third kappa shape index (κ3) is 2.49. The van der Waals surface area contributed by atoms with Crippen LogP contribution in [0.4, 0.5) is 5.69 Å². The molecule has 1 aliphatic heterocycles. The van der Waals surface area contributed by atoms with Crippen molar-refractivity contribution in [3.8, 4) is 0 Å². The SMILES string of the molecule is Cc1cc(N2CCCC(C)C2)c(CCl)cn1. The van der Waals surface area contributed by atoms with Crippen LogP contribution < -0.4 is 4.90 Å². The summed E-state index contributed by atoms with van der Waals surface area (Å²) in [4.78, 5) is 6.77. The molecule has 0 aliphatic carbocycles. The van der Waals surface area contributed by atoms with E-state index >= 15 is 0 Å². The number of aromatic nitrogens is 1. The predicted molar refractivity (Wildman–Crippen MR) is 69.1 cm³/mol. The monoisotopic (exact) mass is 238 g/mol. The molecule has 1 saturated heterocycles. The van der Waals surface area contributed by atoms with Crippen molar-refractivity contribution in [2.45, 2.75) is 32.6 Å². The Kier molecular flexibility index (Phi) is 3.70. The molecule has 2 heterocycles. The van der Waals surface area contributed by atoms with Crippen molar-refractivity contribution in [1.82, 2.24) is 4.98 Å². The minimum atomic E-state index is 0.549. The number of nitrogens with zero attached hydrogens (tertiary/aromatic N) is 2. The number of anilines is 1. The van der Waals surface area contributed by atoms with Gasteiger partial charge in [-0.25, -0.2) is 0 Å². The van der Waals surface area contributed by atoms with Crippen LogP contribution in [-0.2, 0) is 5.88 Å².